The number of aromatic nitrogens is 4. The van der Waals surface area contributed by atoms with Crippen LogP contribution in [0.15, 0.2) is 41.5 Å². The Balaban J connectivity index is 1.77. The minimum absolute atomic E-state index is 0.0930. The Morgan fingerprint density at radius 2 is 1.97 bits per heavy atom. The number of fused-ring (bicyclic) bond motifs is 1. The van der Waals surface area contributed by atoms with Crippen molar-refractivity contribution in [3.63, 3.8) is 0 Å². The second-order valence-electron chi connectivity index (χ2n) is 6.72. The van der Waals surface area contributed by atoms with Crippen LogP contribution in [-0.2, 0) is 11.2 Å². The zero-order chi connectivity index (χ0) is 20.7. The quantitative estimate of drug-likeness (QED) is 0.595. The van der Waals surface area contributed by atoms with Gasteiger partial charge in [-0.1, -0.05) is 17.7 Å². The van der Waals surface area contributed by atoms with E-state index in [9.17, 15) is 24.6 Å². The van der Waals surface area contributed by atoms with E-state index in [2.05, 4.69) is 15.1 Å². The molecule has 10 nitrogen and oxygen atoms in total. The van der Waals surface area contributed by atoms with Gasteiger partial charge in [0.1, 0.15) is 0 Å². The van der Waals surface area contributed by atoms with E-state index in [1.54, 1.807) is 24.3 Å². The number of hydrogen-bond donors (Lipinski definition) is 3. The summed E-state index contributed by atoms with van der Waals surface area (Å²) in [4.78, 5) is 45.2. The first-order chi connectivity index (χ1) is 13.9. The number of aromatic amines is 1. The van der Waals surface area contributed by atoms with Gasteiger partial charge in [0.25, 0.3) is 11.5 Å². The van der Waals surface area contributed by atoms with E-state index in [0.29, 0.717) is 17.8 Å². The highest BCUT2D eigenvalue weighted by atomic mass is 16.4. The molecule has 0 bridgehead atoms. The number of carboxylic acid groups (broad SMARTS) is 1. The van der Waals surface area contributed by atoms with Gasteiger partial charge < -0.3 is 20.1 Å². The first-order valence-corrected chi connectivity index (χ1v) is 8.83. The maximum absolute atomic E-state index is 13.1. The van der Waals surface area contributed by atoms with Crippen molar-refractivity contribution in [2.75, 3.05) is 6.54 Å². The van der Waals surface area contributed by atoms with Gasteiger partial charge in [-0.05, 0) is 19.1 Å². The van der Waals surface area contributed by atoms with Crippen LogP contribution >= 0.6 is 0 Å². The summed E-state index contributed by atoms with van der Waals surface area (Å²) in [7, 11) is 0. The van der Waals surface area contributed by atoms with Crippen molar-refractivity contribution in [2.24, 2.45) is 0 Å². The fraction of sp³-hybridized carbons (Fsp3) is 0.211. The maximum Gasteiger partial charge on any atom is 0.332 e. The Morgan fingerprint density at radius 1 is 1.24 bits per heavy atom. The zero-order valence-corrected chi connectivity index (χ0v) is 15.4. The molecule has 0 saturated heterocycles. The molecule has 4 rings (SSSR count). The number of H-pyrrole nitrogens is 1. The Labute approximate surface area is 164 Å². The van der Waals surface area contributed by atoms with Crippen molar-refractivity contribution in [3.8, 4) is 11.4 Å². The van der Waals surface area contributed by atoms with E-state index in [0.717, 1.165) is 21.2 Å². The van der Waals surface area contributed by atoms with Gasteiger partial charge in [0, 0.05) is 24.7 Å². The van der Waals surface area contributed by atoms with Gasteiger partial charge in [-0.15, -0.1) is 0 Å². The molecular formula is C19H17N5O5. The van der Waals surface area contributed by atoms with Crippen LogP contribution in [0.3, 0.4) is 0 Å². The number of aryl methyl sites for hydroxylation is 1. The Morgan fingerprint density at radius 3 is 2.66 bits per heavy atom. The fourth-order valence-electron chi connectivity index (χ4n) is 3.35. The third-order valence-electron chi connectivity index (χ3n) is 4.81. The van der Waals surface area contributed by atoms with E-state index < -0.39 is 34.9 Å². The molecule has 0 unspecified atom stereocenters. The minimum Gasteiger partial charge on any atom is -0.505 e. The van der Waals surface area contributed by atoms with Crippen LogP contribution in [0.4, 0.5) is 0 Å². The lowest BCUT2D eigenvalue weighted by molar-refractivity contribution is -0.143. The smallest absolute Gasteiger partial charge is 0.332 e. The number of carbonyl (C=O) groups excluding carboxylic acids is 1. The van der Waals surface area contributed by atoms with Crippen LogP contribution in [0, 0.1) is 6.92 Å². The summed E-state index contributed by atoms with van der Waals surface area (Å²) in [5, 5.41) is 23.9. The van der Waals surface area contributed by atoms with Crippen molar-refractivity contribution in [1.82, 2.24) is 24.6 Å². The van der Waals surface area contributed by atoms with E-state index in [-0.39, 0.29) is 12.2 Å². The molecule has 148 valence electrons. The lowest BCUT2D eigenvalue weighted by Crippen LogP contribution is -2.44. The summed E-state index contributed by atoms with van der Waals surface area (Å²) in [5.41, 5.74) is 1.25. The van der Waals surface area contributed by atoms with Gasteiger partial charge in [-0.3, -0.25) is 9.59 Å². The number of nitrogens with zero attached hydrogens (tertiary/aromatic N) is 4. The molecule has 3 aromatic rings. The van der Waals surface area contributed by atoms with Crippen LogP contribution in [-0.4, -0.2) is 53.3 Å². The average molecular weight is 395 g/mol. The van der Waals surface area contributed by atoms with Crippen molar-refractivity contribution in [1.29, 1.82) is 0 Å². The molecule has 3 N–H and O–H groups in total. The SMILES string of the molecule is Cc1ccc(-n2nc(C(=O)N3CCc4[nH]cnc4[C@@H]3C(=O)O)c(O)cc2=O)cc1. The first kappa shape index (κ1) is 18.4. The number of carboxylic acids is 1. The predicted octanol–water partition coefficient (Wildman–Crippen LogP) is 0.794. The number of aliphatic carboxylic acids is 1. The van der Waals surface area contributed by atoms with E-state index in [1.807, 2.05) is 6.92 Å². The normalized spacial score (nSPS) is 15.8. The number of hydrogen-bond acceptors (Lipinski definition) is 6. The lowest BCUT2D eigenvalue weighted by Gasteiger charge is -2.32. The molecule has 1 atom stereocenters. The molecule has 0 fully saturated rings. The number of rotatable bonds is 3. The van der Waals surface area contributed by atoms with Crippen LogP contribution < -0.4 is 5.56 Å². The maximum atomic E-state index is 13.1. The predicted molar refractivity (Wildman–Crippen MR) is 99.9 cm³/mol. The Bertz CT molecular complexity index is 1160. The summed E-state index contributed by atoms with van der Waals surface area (Å²) in [6.07, 6.45) is 1.76. The summed E-state index contributed by atoms with van der Waals surface area (Å²) >= 11 is 0. The standard InChI is InChI=1S/C19H17N5O5/c1-10-2-4-11(5-3-10)24-14(26)8-13(25)16(22-24)18(27)23-7-6-12-15(21-9-20-12)17(23)19(28)29/h2-5,8-9,17,25H,6-7H2,1H3,(H,20,21)(H,28,29)/t17-/m1/s1. The highest BCUT2D eigenvalue weighted by Crippen LogP contribution is 2.30. The topological polar surface area (TPSA) is 141 Å². The van der Waals surface area contributed by atoms with Crippen molar-refractivity contribution < 1.29 is 19.8 Å². The first-order valence-electron chi connectivity index (χ1n) is 8.83. The zero-order valence-electron chi connectivity index (χ0n) is 15.4. The van der Waals surface area contributed by atoms with Gasteiger partial charge in [0.05, 0.1) is 17.7 Å². The number of aromatic hydroxyl groups is 1. The second-order valence-corrected chi connectivity index (χ2v) is 6.72. The van der Waals surface area contributed by atoms with Gasteiger partial charge in [0.15, 0.2) is 17.5 Å². The summed E-state index contributed by atoms with van der Waals surface area (Å²) in [5.74, 6) is -2.66. The van der Waals surface area contributed by atoms with Crippen molar-refractivity contribution in [2.45, 2.75) is 19.4 Å². The van der Waals surface area contributed by atoms with Crippen LogP contribution in [0.5, 0.6) is 5.75 Å². The molecule has 1 aromatic carbocycles. The molecule has 1 aliphatic rings. The minimum atomic E-state index is -1.32. The van der Waals surface area contributed by atoms with E-state index in [4.69, 9.17) is 0 Å². The van der Waals surface area contributed by atoms with Crippen LogP contribution in [0.2, 0.25) is 0 Å². The number of benzene rings is 1. The molecule has 29 heavy (non-hydrogen) atoms. The van der Waals surface area contributed by atoms with Crippen molar-refractivity contribution in [3.05, 3.63) is 69.7 Å². The molecule has 0 spiro atoms. The molecule has 10 heteroatoms. The number of nitrogens with one attached hydrogen (secondary N) is 1. The van der Waals surface area contributed by atoms with Gasteiger partial charge in [-0.25, -0.2) is 9.78 Å². The monoisotopic (exact) mass is 395 g/mol. The van der Waals surface area contributed by atoms with Crippen molar-refractivity contribution >= 4 is 11.9 Å². The van der Waals surface area contributed by atoms with Gasteiger partial charge in [-0.2, -0.15) is 9.78 Å². The Kier molecular flexibility index (Phi) is 4.38. The second kappa shape index (κ2) is 6.89. The molecule has 0 saturated carbocycles. The molecule has 3 heterocycles. The van der Waals surface area contributed by atoms with E-state index in [1.165, 1.54) is 6.33 Å². The number of amides is 1. The molecule has 1 aliphatic heterocycles. The molecule has 0 radical (unpaired) electrons. The molecule has 2 aromatic heterocycles. The lowest BCUT2D eigenvalue weighted by atomic mass is 10.0. The van der Waals surface area contributed by atoms with E-state index >= 15 is 0 Å². The third-order valence-corrected chi connectivity index (χ3v) is 4.81. The summed E-state index contributed by atoms with van der Waals surface area (Å²) < 4.78 is 0.992. The summed E-state index contributed by atoms with van der Waals surface area (Å²) in [6.45, 7) is 1.98. The highest BCUT2D eigenvalue weighted by Gasteiger charge is 2.39. The number of carbonyl (C=O) groups is 2. The molecular weight excluding hydrogens is 378 g/mol. The largest absolute Gasteiger partial charge is 0.505 e. The third kappa shape index (κ3) is 3.14. The number of imidazole rings is 1. The van der Waals surface area contributed by atoms with Crippen LogP contribution in [0.25, 0.3) is 5.69 Å². The molecule has 1 amide bonds. The average Bonchev–Trinajstić information content (AvgIpc) is 3.16. The Hall–Kier alpha value is -3.95. The van der Waals surface area contributed by atoms with Gasteiger partial charge in [0.2, 0.25) is 0 Å². The fourth-order valence-corrected chi connectivity index (χ4v) is 3.35. The molecule has 0 aliphatic carbocycles. The summed E-state index contributed by atoms with van der Waals surface area (Å²) in [6, 6.07) is 6.44. The van der Waals surface area contributed by atoms with Crippen LogP contribution in [0.1, 0.15) is 33.5 Å². The highest BCUT2D eigenvalue weighted by molar-refractivity contribution is 5.97. The van der Waals surface area contributed by atoms with Gasteiger partial charge >= 0.3 is 5.97 Å².